The van der Waals surface area contributed by atoms with Crippen LogP contribution >= 0.6 is 0 Å². The van der Waals surface area contributed by atoms with E-state index in [0.29, 0.717) is 11.3 Å². The lowest BCUT2D eigenvalue weighted by Crippen LogP contribution is -2.27. The lowest BCUT2D eigenvalue weighted by molar-refractivity contribution is -0.275. The van der Waals surface area contributed by atoms with Gasteiger partial charge in [0.15, 0.2) is 0 Å². The molecule has 0 spiro atoms. The minimum atomic E-state index is -4.83. The second-order valence-electron chi connectivity index (χ2n) is 7.17. The van der Waals surface area contributed by atoms with Crippen molar-refractivity contribution in [2.75, 3.05) is 12.4 Å². The highest BCUT2D eigenvalue weighted by Crippen LogP contribution is 2.27. The maximum atomic E-state index is 12.9. The molecule has 166 valence electrons. The van der Waals surface area contributed by atoms with Crippen LogP contribution in [0.2, 0.25) is 0 Å². The highest BCUT2D eigenvalue weighted by Gasteiger charge is 2.32. The van der Waals surface area contributed by atoms with E-state index in [1.54, 1.807) is 61.5 Å². The van der Waals surface area contributed by atoms with Crippen LogP contribution in [-0.2, 0) is 6.54 Å². The molecule has 0 radical (unpaired) electrons. The Hall–Kier alpha value is -3.81. The van der Waals surface area contributed by atoms with Gasteiger partial charge in [0.1, 0.15) is 5.75 Å². The van der Waals surface area contributed by atoms with Gasteiger partial charge in [-0.15, -0.1) is 13.2 Å². The maximum absolute atomic E-state index is 12.9. The van der Waals surface area contributed by atoms with E-state index in [0.717, 1.165) is 5.56 Å². The van der Waals surface area contributed by atoms with Crippen LogP contribution in [0.1, 0.15) is 31.8 Å². The van der Waals surface area contributed by atoms with Crippen LogP contribution in [0, 0.1) is 6.92 Å². The van der Waals surface area contributed by atoms with Crippen molar-refractivity contribution in [3.8, 4) is 5.75 Å². The Balaban J connectivity index is 1.77. The molecule has 8 heteroatoms. The zero-order valence-electron chi connectivity index (χ0n) is 17.4. The van der Waals surface area contributed by atoms with E-state index >= 15 is 0 Å². The van der Waals surface area contributed by atoms with E-state index in [-0.39, 0.29) is 29.3 Å². The van der Waals surface area contributed by atoms with Gasteiger partial charge >= 0.3 is 6.36 Å². The maximum Gasteiger partial charge on any atom is 0.573 e. The zero-order valence-corrected chi connectivity index (χ0v) is 17.4. The van der Waals surface area contributed by atoms with Crippen molar-refractivity contribution in [2.45, 2.75) is 19.8 Å². The summed E-state index contributed by atoms with van der Waals surface area (Å²) in [4.78, 5) is 26.7. The van der Waals surface area contributed by atoms with Crippen LogP contribution in [0.25, 0.3) is 0 Å². The molecule has 5 nitrogen and oxygen atoms in total. The number of amides is 2. The number of ether oxygens (including phenoxy) is 1. The van der Waals surface area contributed by atoms with Gasteiger partial charge in [-0.2, -0.15) is 0 Å². The van der Waals surface area contributed by atoms with Gasteiger partial charge in [0.2, 0.25) is 0 Å². The molecule has 0 saturated heterocycles. The van der Waals surface area contributed by atoms with Crippen LogP contribution in [0.3, 0.4) is 0 Å². The standard InChI is InChI=1S/C24H21F3N2O3/c1-16-12-13-18(14-20(16)28-22(30)17-8-4-3-5-9-17)23(31)29(2)15-19-10-6-7-11-21(19)32-24(25,26)27/h3-14H,15H2,1-2H3,(H,28,30). The summed E-state index contributed by atoms with van der Waals surface area (Å²) >= 11 is 0. The number of rotatable bonds is 6. The normalized spacial score (nSPS) is 11.0. The number of carbonyl (C=O) groups is 2. The van der Waals surface area contributed by atoms with Gasteiger partial charge in [-0.1, -0.05) is 42.5 Å². The highest BCUT2D eigenvalue weighted by atomic mass is 19.4. The number of aryl methyl sites for hydroxylation is 1. The quantitative estimate of drug-likeness (QED) is 0.555. The fourth-order valence-corrected chi connectivity index (χ4v) is 3.08. The largest absolute Gasteiger partial charge is 0.573 e. The molecular weight excluding hydrogens is 421 g/mol. The number of hydrogen-bond donors (Lipinski definition) is 1. The Kier molecular flexibility index (Phi) is 6.82. The molecule has 3 aromatic carbocycles. The number of halogens is 3. The third kappa shape index (κ3) is 5.87. The summed E-state index contributed by atoms with van der Waals surface area (Å²) in [6.07, 6.45) is -4.83. The summed E-state index contributed by atoms with van der Waals surface area (Å²) in [5.74, 6) is -1.09. The molecule has 0 aromatic heterocycles. The SMILES string of the molecule is Cc1ccc(C(=O)N(C)Cc2ccccc2OC(F)(F)F)cc1NC(=O)c1ccccc1. The molecule has 2 amide bonds. The van der Waals surface area contributed by atoms with E-state index < -0.39 is 12.3 Å². The molecule has 0 heterocycles. The first kappa shape index (κ1) is 22.9. The molecule has 3 aromatic rings. The molecule has 0 saturated carbocycles. The summed E-state index contributed by atoms with van der Waals surface area (Å²) in [6.45, 7) is 1.70. The number of hydrogen-bond acceptors (Lipinski definition) is 3. The van der Waals surface area contributed by atoms with E-state index in [9.17, 15) is 22.8 Å². The topological polar surface area (TPSA) is 58.6 Å². The molecule has 0 bridgehead atoms. The van der Waals surface area contributed by atoms with Crippen molar-refractivity contribution in [3.05, 3.63) is 95.1 Å². The number of para-hydroxylation sites is 1. The summed E-state index contributed by atoms with van der Waals surface area (Å²) in [6, 6.07) is 19.1. The number of alkyl halides is 3. The second kappa shape index (κ2) is 9.55. The van der Waals surface area contributed by atoms with Crippen molar-refractivity contribution >= 4 is 17.5 Å². The molecule has 0 aliphatic carbocycles. The van der Waals surface area contributed by atoms with E-state index in [1.165, 1.54) is 30.1 Å². The van der Waals surface area contributed by atoms with Crippen LogP contribution in [0.5, 0.6) is 5.75 Å². The van der Waals surface area contributed by atoms with Crippen LogP contribution < -0.4 is 10.1 Å². The second-order valence-corrected chi connectivity index (χ2v) is 7.17. The number of anilines is 1. The first-order valence-corrected chi connectivity index (χ1v) is 9.70. The number of carbonyl (C=O) groups excluding carboxylic acids is 2. The van der Waals surface area contributed by atoms with Crippen LogP contribution in [-0.4, -0.2) is 30.1 Å². The fraction of sp³-hybridized carbons (Fsp3) is 0.167. The Morgan fingerprint density at radius 3 is 2.28 bits per heavy atom. The van der Waals surface area contributed by atoms with E-state index in [4.69, 9.17) is 0 Å². The van der Waals surface area contributed by atoms with Gasteiger partial charge in [0.05, 0.1) is 0 Å². The summed E-state index contributed by atoms with van der Waals surface area (Å²) < 4.78 is 42.0. The lowest BCUT2D eigenvalue weighted by atomic mass is 10.1. The van der Waals surface area contributed by atoms with Gasteiger partial charge in [0, 0.05) is 36.0 Å². The van der Waals surface area contributed by atoms with E-state index in [1.807, 2.05) is 0 Å². The molecule has 0 fully saturated rings. The zero-order chi connectivity index (χ0) is 23.3. The summed E-state index contributed by atoms with van der Waals surface area (Å²) in [5, 5.41) is 2.79. The predicted molar refractivity (Wildman–Crippen MR) is 114 cm³/mol. The Morgan fingerprint density at radius 1 is 0.938 bits per heavy atom. The van der Waals surface area contributed by atoms with Crippen molar-refractivity contribution in [1.29, 1.82) is 0 Å². The van der Waals surface area contributed by atoms with Gasteiger partial charge < -0.3 is 15.0 Å². The van der Waals surface area contributed by atoms with Gasteiger partial charge in [-0.3, -0.25) is 9.59 Å². The minimum Gasteiger partial charge on any atom is -0.405 e. The fourth-order valence-electron chi connectivity index (χ4n) is 3.08. The Labute approximate surface area is 183 Å². The van der Waals surface area contributed by atoms with Crippen molar-refractivity contribution in [2.24, 2.45) is 0 Å². The smallest absolute Gasteiger partial charge is 0.405 e. The first-order chi connectivity index (χ1) is 15.1. The van der Waals surface area contributed by atoms with E-state index in [2.05, 4.69) is 10.1 Å². The van der Waals surface area contributed by atoms with Crippen molar-refractivity contribution in [3.63, 3.8) is 0 Å². The molecule has 0 aliphatic heterocycles. The van der Waals surface area contributed by atoms with Gasteiger partial charge in [-0.25, -0.2) is 0 Å². The monoisotopic (exact) mass is 442 g/mol. The number of nitrogens with one attached hydrogen (secondary N) is 1. The number of nitrogens with zero attached hydrogens (tertiary/aromatic N) is 1. The Morgan fingerprint density at radius 2 is 1.59 bits per heavy atom. The summed E-state index contributed by atoms with van der Waals surface area (Å²) in [5.41, 5.74) is 2.21. The van der Waals surface area contributed by atoms with Crippen molar-refractivity contribution < 1.29 is 27.5 Å². The highest BCUT2D eigenvalue weighted by molar-refractivity contribution is 6.05. The predicted octanol–water partition coefficient (Wildman–Crippen LogP) is 5.42. The molecular formula is C24H21F3N2O3. The van der Waals surface area contributed by atoms with Crippen molar-refractivity contribution in [1.82, 2.24) is 4.90 Å². The Bertz CT molecular complexity index is 1110. The summed E-state index contributed by atoms with van der Waals surface area (Å²) in [7, 11) is 1.48. The third-order valence-electron chi connectivity index (χ3n) is 4.72. The lowest BCUT2D eigenvalue weighted by Gasteiger charge is -2.20. The molecule has 32 heavy (non-hydrogen) atoms. The van der Waals surface area contributed by atoms with Crippen LogP contribution in [0.4, 0.5) is 18.9 Å². The molecule has 0 unspecified atom stereocenters. The molecule has 3 rings (SSSR count). The average Bonchev–Trinajstić information content (AvgIpc) is 2.75. The minimum absolute atomic E-state index is 0.0926. The van der Waals surface area contributed by atoms with Gasteiger partial charge in [-0.05, 0) is 42.8 Å². The van der Waals surface area contributed by atoms with Gasteiger partial charge in [0.25, 0.3) is 11.8 Å². The first-order valence-electron chi connectivity index (χ1n) is 9.70. The molecule has 0 aliphatic rings. The molecule has 1 N–H and O–H groups in total. The van der Waals surface area contributed by atoms with Crippen LogP contribution in [0.15, 0.2) is 72.8 Å². The molecule has 0 atom stereocenters. The third-order valence-corrected chi connectivity index (χ3v) is 4.72. The average molecular weight is 442 g/mol. The number of benzene rings is 3.